The van der Waals surface area contributed by atoms with Gasteiger partial charge >= 0.3 is 0 Å². The summed E-state index contributed by atoms with van der Waals surface area (Å²) in [7, 11) is 1.69. The van der Waals surface area contributed by atoms with Crippen molar-refractivity contribution in [3.8, 4) is 0 Å². The van der Waals surface area contributed by atoms with E-state index < -0.39 is 5.60 Å². The van der Waals surface area contributed by atoms with Crippen LogP contribution in [0.5, 0.6) is 0 Å². The maximum atomic E-state index is 12.4. The van der Waals surface area contributed by atoms with Crippen molar-refractivity contribution < 1.29 is 14.6 Å². The highest BCUT2D eigenvalue weighted by Gasteiger charge is 2.32. The lowest BCUT2D eigenvalue weighted by atomic mass is 9.93. The lowest BCUT2D eigenvalue weighted by molar-refractivity contribution is -0.0734. The van der Waals surface area contributed by atoms with Gasteiger partial charge in [0.15, 0.2) is 0 Å². The second-order valence-corrected chi connectivity index (χ2v) is 5.59. The van der Waals surface area contributed by atoms with Gasteiger partial charge in [-0.25, -0.2) is 0 Å². The molecule has 20 heavy (non-hydrogen) atoms. The van der Waals surface area contributed by atoms with Crippen LogP contribution in [0.1, 0.15) is 28.8 Å². The summed E-state index contributed by atoms with van der Waals surface area (Å²) in [6.45, 7) is 3.29. The number of carbonyl (C=O) groups is 1. The van der Waals surface area contributed by atoms with Crippen LogP contribution in [0.25, 0.3) is 0 Å². The summed E-state index contributed by atoms with van der Waals surface area (Å²) in [5, 5.41) is 10.4. The zero-order valence-electron chi connectivity index (χ0n) is 12.1. The number of anilines is 1. The Bertz CT molecular complexity index is 496. The van der Waals surface area contributed by atoms with Crippen molar-refractivity contribution in [2.75, 3.05) is 32.5 Å². The predicted molar refractivity (Wildman–Crippen MR) is 77.6 cm³/mol. The number of aliphatic hydroxyl groups is 1. The van der Waals surface area contributed by atoms with E-state index in [0.717, 1.165) is 5.56 Å². The molecule has 1 aromatic rings. The molecule has 0 saturated carbocycles. The van der Waals surface area contributed by atoms with Gasteiger partial charge in [0, 0.05) is 45.3 Å². The Kier molecular flexibility index (Phi) is 4.30. The molecule has 0 aromatic heterocycles. The minimum Gasteiger partial charge on any atom is -0.398 e. The number of benzene rings is 1. The maximum Gasteiger partial charge on any atom is 0.255 e. The van der Waals surface area contributed by atoms with Crippen LogP contribution in [0.3, 0.4) is 0 Å². The number of nitrogens with two attached hydrogens (primary N) is 1. The van der Waals surface area contributed by atoms with Crippen LogP contribution >= 0.6 is 0 Å². The van der Waals surface area contributed by atoms with E-state index in [-0.39, 0.29) is 5.91 Å². The molecule has 0 unspecified atom stereocenters. The average molecular weight is 278 g/mol. The van der Waals surface area contributed by atoms with Gasteiger partial charge in [0.2, 0.25) is 0 Å². The molecule has 0 spiro atoms. The van der Waals surface area contributed by atoms with E-state index in [9.17, 15) is 9.90 Å². The van der Waals surface area contributed by atoms with Gasteiger partial charge in [-0.2, -0.15) is 0 Å². The third-order valence-electron chi connectivity index (χ3n) is 3.74. The highest BCUT2D eigenvalue weighted by atomic mass is 16.5. The Morgan fingerprint density at radius 3 is 2.70 bits per heavy atom. The van der Waals surface area contributed by atoms with Crippen LogP contribution in [-0.4, -0.2) is 48.3 Å². The number of nitrogens with zero attached hydrogens (tertiary/aromatic N) is 1. The molecule has 1 aromatic carbocycles. The van der Waals surface area contributed by atoms with Gasteiger partial charge < -0.3 is 20.5 Å². The Hall–Kier alpha value is -1.59. The van der Waals surface area contributed by atoms with E-state index in [4.69, 9.17) is 10.5 Å². The lowest BCUT2D eigenvalue weighted by Crippen LogP contribution is -2.47. The van der Waals surface area contributed by atoms with E-state index in [1.54, 1.807) is 19.2 Å². The SMILES string of the molecule is Cc1ccc(C(=O)N(C)CC2(O)CCOCC2)c(N)c1. The predicted octanol–water partition coefficient (Wildman–Crippen LogP) is 1.19. The van der Waals surface area contributed by atoms with Crippen molar-refractivity contribution >= 4 is 11.6 Å². The van der Waals surface area contributed by atoms with Crippen LogP contribution in [0, 0.1) is 6.92 Å². The highest BCUT2D eigenvalue weighted by Crippen LogP contribution is 2.23. The number of hydrogen-bond donors (Lipinski definition) is 2. The molecule has 0 atom stereocenters. The summed E-state index contributed by atoms with van der Waals surface area (Å²) >= 11 is 0. The molecule has 1 aliphatic rings. The summed E-state index contributed by atoms with van der Waals surface area (Å²) in [4.78, 5) is 13.9. The number of amides is 1. The second kappa shape index (κ2) is 5.81. The molecule has 5 heteroatoms. The number of aryl methyl sites for hydroxylation is 1. The van der Waals surface area contributed by atoms with Crippen molar-refractivity contribution in [1.29, 1.82) is 0 Å². The van der Waals surface area contributed by atoms with Crippen molar-refractivity contribution in [2.24, 2.45) is 0 Å². The maximum absolute atomic E-state index is 12.4. The molecular weight excluding hydrogens is 256 g/mol. The van der Waals surface area contributed by atoms with Crippen molar-refractivity contribution in [3.63, 3.8) is 0 Å². The van der Waals surface area contributed by atoms with Crippen LogP contribution in [0.4, 0.5) is 5.69 Å². The zero-order valence-corrected chi connectivity index (χ0v) is 12.1. The van der Waals surface area contributed by atoms with Gasteiger partial charge in [0.05, 0.1) is 11.2 Å². The summed E-state index contributed by atoms with van der Waals surface area (Å²) < 4.78 is 5.24. The molecule has 0 bridgehead atoms. The van der Waals surface area contributed by atoms with Crippen LogP contribution < -0.4 is 5.73 Å². The Morgan fingerprint density at radius 2 is 2.10 bits per heavy atom. The number of likely N-dealkylation sites (N-methyl/N-ethyl adjacent to an activating group) is 1. The summed E-state index contributed by atoms with van der Waals surface area (Å²) in [6.07, 6.45) is 1.10. The molecule has 0 aliphatic carbocycles. The monoisotopic (exact) mass is 278 g/mol. The smallest absolute Gasteiger partial charge is 0.255 e. The standard InChI is InChI=1S/C15H22N2O3/c1-11-3-4-12(13(16)9-11)14(18)17(2)10-15(19)5-7-20-8-6-15/h3-4,9,19H,5-8,10,16H2,1-2H3. The van der Waals surface area contributed by atoms with Gasteiger partial charge in [-0.15, -0.1) is 0 Å². The fourth-order valence-electron chi connectivity index (χ4n) is 2.51. The van der Waals surface area contributed by atoms with Gasteiger partial charge in [-0.05, 0) is 24.6 Å². The van der Waals surface area contributed by atoms with Crippen molar-refractivity contribution in [3.05, 3.63) is 29.3 Å². The lowest BCUT2D eigenvalue weighted by Gasteiger charge is -2.35. The van der Waals surface area contributed by atoms with Crippen LogP contribution in [-0.2, 0) is 4.74 Å². The Labute approximate surface area is 119 Å². The van der Waals surface area contributed by atoms with Crippen LogP contribution in [0.15, 0.2) is 18.2 Å². The summed E-state index contributed by atoms with van der Waals surface area (Å²) in [5.41, 5.74) is 7.01. The van der Waals surface area contributed by atoms with Crippen molar-refractivity contribution in [2.45, 2.75) is 25.4 Å². The number of ether oxygens (including phenoxy) is 1. The number of hydrogen-bond acceptors (Lipinski definition) is 4. The normalized spacial score (nSPS) is 17.8. The van der Waals surface area contributed by atoms with Gasteiger partial charge in [-0.1, -0.05) is 6.07 Å². The van der Waals surface area contributed by atoms with E-state index in [1.807, 2.05) is 13.0 Å². The van der Waals surface area contributed by atoms with Crippen LogP contribution in [0.2, 0.25) is 0 Å². The quantitative estimate of drug-likeness (QED) is 0.814. The second-order valence-electron chi connectivity index (χ2n) is 5.59. The molecule has 5 nitrogen and oxygen atoms in total. The molecule has 1 heterocycles. The van der Waals surface area contributed by atoms with Crippen molar-refractivity contribution in [1.82, 2.24) is 4.90 Å². The molecule has 1 aliphatic heterocycles. The summed E-state index contributed by atoms with van der Waals surface area (Å²) in [6, 6.07) is 5.38. The number of nitrogen functional groups attached to an aromatic ring is 1. The minimum atomic E-state index is -0.859. The van der Waals surface area contributed by atoms with E-state index in [1.165, 1.54) is 4.90 Å². The topological polar surface area (TPSA) is 75.8 Å². The first-order valence-corrected chi connectivity index (χ1v) is 6.83. The Morgan fingerprint density at radius 1 is 1.45 bits per heavy atom. The highest BCUT2D eigenvalue weighted by molar-refractivity contribution is 5.99. The first-order valence-electron chi connectivity index (χ1n) is 6.83. The number of carbonyl (C=O) groups excluding carboxylic acids is 1. The minimum absolute atomic E-state index is 0.164. The first kappa shape index (κ1) is 14.8. The average Bonchev–Trinajstić information content (AvgIpc) is 2.38. The van der Waals surface area contributed by atoms with Gasteiger partial charge in [-0.3, -0.25) is 4.79 Å². The molecule has 1 saturated heterocycles. The fraction of sp³-hybridized carbons (Fsp3) is 0.533. The number of rotatable bonds is 3. The molecule has 1 fully saturated rings. The van der Waals surface area contributed by atoms with Gasteiger partial charge in [0.25, 0.3) is 5.91 Å². The zero-order chi connectivity index (χ0) is 14.8. The van der Waals surface area contributed by atoms with Gasteiger partial charge in [0.1, 0.15) is 0 Å². The third kappa shape index (κ3) is 3.29. The molecule has 1 amide bonds. The molecule has 0 radical (unpaired) electrons. The van der Waals surface area contributed by atoms with E-state index in [0.29, 0.717) is 43.9 Å². The molecule has 2 rings (SSSR count). The first-order chi connectivity index (χ1) is 9.41. The van der Waals surface area contributed by atoms with E-state index in [2.05, 4.69) is 0 Å². The summed E-state index contributed by atoms with van der Waals surface area (Å²) in [5.74, 6) is -0.164. The Balaban J connectivity index is 2.08. The van der Waals surface area contributed by atoms with E-state index >= 15 is 0 Å². The molecule has 3 N–H and O–H groups in total. The largest absolute Gasteiger partial charge is 0.398 e. The fourth-order valence-corrected chi connectivity index (χ4v) is 2.51. The molecule has 110 valence electrons. The third-order valence-corrected chi connectivity index (χ3v) is 3.74. The molecular formula is C15H22N2O3.